The summed E-state index contributed by atoms with van der Waals surface area (Å²) in [6, 6.07) is 0.624. The maximum atomic E-state index is 7.92. The van der Waals surface area contributed by atoms with Crippen molar-refractivity contribution in [1.82, 2.24) is 5.32 Å². The van der Waals surface area contributed by atoms with Gasteiger partial charge in [-0.3, -0.25) is 0 Å². The average Bonchev–Trinajstić information content (AvgIpc) is 2.13. The van der Waals surface area contributed by atoms with E-state index in [0.29, 0.717) is 11.5 Å². The van der Waals surface area contributed by atoms with Crippen molar-refractivity contribution in [3.05, 3.63) is 5.73 Å². The molecule has 0 aliphatic heterocycles. The predicted octanol–water partition coefficient (Wildman–Crippen LogP) is 4.79. The van der Waals surface area contributed by atoms with Crippen LogP contribution < -0.4 is 5.32 Å². The van der Waals surface area contributed by atoms with E-state index >= 15 is 0 Å². The van der Waals surface area contributed by atoms with Crippen LogP contribution in [0.4, 0.5) is 0 Å². The van der Waals surface area contributed by atoms with Crippen LogP contribution >= 0.6 is 0 Å². The van der Waals surface area contributed by atoms with Gasteiger partial charge in [-0.2, -0.15) is 0 Å². The van der Waals surface area contributed by atoms with E-state index in [0.717, 1.165) is 19.3 Å². The maximum absolute atomic E-state index is 7.92. The molecule has 0 spiro atoms. The van der Waals surface area contributed by atoms with Gasteiger partial charge in [0, 0.05) is 44.3 Å². The molecular weight excluding hydrogens is 297 g/mol. The van der Waals surface area contributed by atoms with Gasteiger partial charge in [-0.15, -0.1) is 6.04 Å². The Morgan fingerprint density at radius 1 is 0.944 bits per heavy atom. The molecule has 0 aromatic carbocycles. The zero-order valence-electron chi connectivity index (χ0n) is 13.6. The van der Waals surface area contributed by atoms with E-state index in [-0.39, 0.29) is 44.3 Å². The molecule has 18 heavy (non-hydrogen) atoms. The summed E-state index contributed by atoms with van der Waals surface area (Å²) in [5.41, 5.74) is 8.37. The molecule has 3 heteroatoms. The van der Waals surface area contributed by atoms with Gasteiger partial charge < -0.3 is 11.1 Å². The van der Waals surface area contributed by atoms with E-state index < -0.39 is 0 Å². The van der Waals surface area contributed by atoms with Gasteiger partial charge in [-0.1, -0.05) is 47.5 Å². The van der Waals surface area contributed by atoms with Crippen LogP contribution in [0, 0.1) is 5.41 Å². The van der Waals surface area contributed by atoms with Crippen molar-refractivity contribution in [1.29, 1.82) is 0 Å². The topological polar surface area (TPSA) is 35.8 Å². The van der Waals surface area contributed by atoms with Crippen LogP contribution in [0.2, 0.25) is 0 Å². The summed E-state index contributed by atoms with van der Waals surface area (Å²) in [5.74, 6) is 0. The molecule has 0 bridgehead atoms. The second kappa shape index (κ2) is 9.05. The average molecular weight is 330 g/mol. The van der Waals surface area contributed by atoms with Gasteiger partial charge >= 0.3 is 0 Å². The quantitative estimate of drug-likeness (QED) is 0.716. The summed E-state index contributed by atoms with van der Waals surface area (Å²) in [5, 5.41) is 3.74. The molecule has 0 saturated heterocycles. The standard InChI is InChI=1S/C15H33N2.Y/c1-8-12(16)10-15(6,7)17-13(9-2)11-14(3,4)5;/h12-13,16-17H,8-11H2,1-7H3;/q-1;. The second-order valence-corrected chi connectivity index (χ2v) is 7.21. The third-order valence-electron chi connectivity index (χ3n) is 3.20. The number of hydrogen-bond acceptors (Lipinski definition) is 1. The molecule has 0 rings (SSSR count). The van der Waals surface area contributed by atoms with Gasteiger partial charge in [-0.05, 0) is 32.1 Å². The van der Waals surface area contributed by atoms with Crippen LogP contribution in [0.1, 0.15) is 74.1 Å². The van der Waals surface area contributed by atoms with Crippen LogP contribution in [0.25, 0.3) is 5.73 Å². The molecule has 0 aliphatic carbocycles. The van der Waals surface area contributed by atoms with E-state index in [2.05, 4.69) is 53.8 Å². The van der Waals surface area contributed by atoms with Crippen molar-refractivity contribution in [3.63, 3.8) is 0 Å². The minimum atomic E-state index is 0. The van der Waals surface area contributed by atoms with E-state index in [1.54, 1.807) is 0 Å². The molecule has 0 amide bonds. The molecule has 1 radical (unpaired) electrons. The molecule has 2 N–H and O–H groups in total. The zero-order chi connectivity index (χ0) is 13.7. The zero-order valence-corrected chi connectivity index (χ0v) is 16.4. The molecule has 2 atom stereocenters. The Morgan fingerprint density at radius 3 is 1.78 bits per heavy atom. The fraction of sp³-hybridized carbons (Fsp3) is 1.00. The van der Waals surface area contributed by atoms with Gasteiger partial charge in [0.1, 0.15) is 0 Å². The third kappa shape index (κ3) is 10.9. The van der Waals surface area contributed by atoms with Gasteiger partial charge in [0.2, 0.25) is 0 Å². The van der Waals surface area contributed by atoms with E-state index in [1.807, 2.05) is 0 Å². The molecule has 0 aromatic rings. The van der Waals surface area contributed by atoms with Crippen molar-refractivity contribution in [2.45, 2.75) is 91.8 Å². The predicted molar refractivity (Wildman–Crippen MR) is 78.4 cm³/mol. The van der Waals surface area contributed by atoms with Crippen LogP contribution in [-0.4, -0.2) is 17.6 Å². The van der Waals surface area contributed by atoms with Gasteiger partial charge in [0.25, 0.3) is 0 Å². The fourth-order valence-corrected chi connectivity index (χ4v) is 2.41. The Morgan fingerprint density at radius 2 is 1.44 bits per heavy atom. The molecular formula is C15H33N2Y-. The molecule has 0 heterocycles. The summed E-state index contributed by atoms with van der Waals surface area (Å²) >= 11 is 0. The summed E-state index contributed by atoms with van der Waals surface area (Å²) in [7, 11) is 0. The maximum Gasteiger partial charge on any atom is 0.0113 e. The Hall–Kier alpha value is 1.02. The molecule has 2 nitrogen and oxygen atoms in total. The van der Waals surface area contributed by atoms with Crippen LogP contribution in [0.15, 0.2) is 0 Å². The van der Waals surface area contributed by atoms with Gasteiger partial charge in [0.15, 0.2) is 0 Å². The molecule has 0 aromatic heterocycles. The van der Waals surface area contributed by atoms with Gasteiger partial charge in [-0.25, -0.2) is 0 Å². The first-order valence-electron chi connectivity index (χ1n) is 7.08. The SMILES string of the molecule is CCC([NH-])CC(C)(C)NC(CC)CC(C)(C)C.[Y]. The van der Waals surface area contributed by atoms with Crippen LogP contribution in [-0.2, 0) is 32.7 Å². The number of hydrogen-bond donors (Lipinski definition) is 1. The summed E-state index contributed by atoms with van der Waals surface area (Å²) in [6.45, 7) is 15.7. The molecule has 0 saturated carbocycles. The second-order valence-electron chi connectivity index (χ2n) is 7.21. The van der Waals surface area contributed by atoms with Crippen molar-refractivity contribution >= 4 is 0 Å². The van der Waals surface area contributed by atoms with Crippen molar-refractivity contribution < 1.29 is 32.7 Å². The normalized spacial score (nSPS) is 16.0. The minimum Gasteiger partial charge on any atom is -0.675 e. The van der Waals surface area contributed by atoms with E-state index in [9.17, 15) is 0 Å². The van der Waals surface area contributed by atoms with Crippen LogP contribution in [0.5, 0.6) is 0 Å². The summed E-state index contributed by atoms with van der Waals surface area (Å²) in [6.07, 6.45) is 4.24. The molecule has 0 aliphatic rings. The molecule has 2 unspecified atom stereocenters. The monoisotopic (exact) mass is 330 g/mol. The van der Waals surface area contributed by atoms with Gasteiger partial charge in [0.05, 0.1) is 0 Å². The van der Waals surface area contributed by atoms with Crippen molar-refractivity contribution in [2.75, 3.05) is 0 Å². The summed E-state index contributed by atoms with van der Waals surface area (Å²) < 4.78 is 0. The Kier molecular flexibility index (Phi) is 10.7. The first kappa shape index (κ1) is 21.3. The van der Waals surface area contributed by atoms with Crippen LogP contribution in [0.3, 0.4) is 0 Å². The molecule has 0 fully saturated rings. The smallest absolute Gasteiger partial charge is 0.0113 e. The number of nitrogens with one attached hydrogen (secondary N) is 2. The minimum absolute atomic E-state index is 0. The Bertz CT molecular complexity index is 209. The fourth-order valence-electron chi connectivity index (χ4n) is 2.41. The Balaban J connectivity index is 0. The first-order chi connectivity index (χ1) is 7.59. The summed E-state index contributed by atoms with van der Waals surface area (Å²) in [4.78, 5) is 0. The largest absolute Gasteiger partial charge is 0.675 e. The third-order valence-corrected chi connectivity index (χ3v) is 3.20. The van der Waals surface area contributed by atoms with E-state index in [4.69, 9.17) is 5.73 Å². The van der Waals surface area contributed by atoms with Crippen molar-refractivity contribution in [2.24, 2.45) is 5.41 Å². The van der Waals surface area contributed by atoms with Crippen molar-refractivity contribution in [3.8, 4) is 0 Å². The Labute approximate surface area is 140 Å². The molecule has 107 valence electrons. The first-order valence-corrected chi connectivity index (χ1v) is 7.08. The van der Waals surface area contributed by atoms with E-state index in [1.165, 1.54) is 6.42 Å². The number of rotatable bonds is 7.